The fraction of sp³-hybridized carbons (Fsp3) is 0.231. The molecule has 7 nitrogen and oxygen atoms in total. The number of fused-ring (bicyclic) bond motifs is 1. The van der Waals surface area contributed by atoms with Gasteiger partial charge in [0.2, 0.25) is 6.79 Å². The average Bonchev–Trinajstić information content (AvgIpc) is 3.63. The summed E-state index contributed by atoms with van der Waals surface area (Å²) in [5, 5.41) is 4.18. The second kappa shape index (κ2) is 8.22. The van der Waals surface area contributed by atoms with Crippen LogP contribution in [0.15, 0.2) is 71.5 Å². The molecule has 5 heterocycles. The van der Waals surface area contributed by atoms with Gasteiger partial charge < -0.3 is 28.7 Å². The molecule has 3 aromatic heterocycles. The Labute approximate surface area is 202 Å². The predicted octanol–water partition coefficient (Wildman–Crippen LogP) is 5.05. The molecular formula is C26H24N4O3S. The van der Waals surface area contributed by atoms with E-state index in [-0.39, 0.29) is 18.9 Å². The van der Waals surface area contributed by atoms with Gasteiger partial charge in [0.1, 0.15) is 5.76 Å². The van der Waals surface area contributed by atoms with Gasteiger partial charge in [-0.15, -0.1) is 0 Å². The molecule has 0 unspecified atom stereocenters. The summed E-state index contributed by atoms with van der Waals surface area (Å²) in [6, 6.07) is 17.9. The lowest BCUT2D eigenvalue weighted by atomic mass is 9.96. The molecule has 4 aromatic rings. The van der Waals surface area contributed by atoms with Crippen molar-refractivity contribution in [3.63, 3.8) is 0 Å². The van der Waals surface area contributed by atoms with Gasteiger partial charge in [0.05, 0.1) is 30.6 Å². The Morgan fingerprint density at radius 1 is 1.06 bits per heavy atom. The molecule has 0 saturated carbocycles. The Bertz CT molecular complexity index is 1350. The fourth-order valence-corrected chi connectivity index (χ4v) is 5.26. The Balaban J connectivity index is 1.47. The molecule has 1 saturated heterocycles. The van der Waals surface area contributed by atoms with Crippen LogP contribution >= 0.6 is 12.2 Å². The molecule has 1 fully saturated rings. The molecule has 2 atom stereocenters. The van der Waals surface area contributed by atoms with Crippen molar-refractivity contribution in [1.82, 2.24) is 14.9 Å². The van der Waals surface area contributed by atoms with Crippen LogP contribution in [0.25, 0.3) is 0 Å². The van der Waals surface area contributed by atoms with E-state index in [1.807, 2.05) is 54.7 Å². The number of hydrogen-bond acceptors (Lipinski definition) is 5. The molecule has 8 heteroatoms. The molecule has 2 aliphatic heterocycles. The highest BCUT2D eigenvalue weighted by atomic mass is 32.1. The quantitative estimate of drug-likeness (QED) is 0.408. The van der Waals surface area contributed by atoms with E-state index in [9.17, 15) is 0 Å². The highest BCUT2D eigenvalue weighted by Crippen LogP contribution is 2.45. The van der Waals surface area contributed by atoms with Crippen LogP contribution in [0.2, 0.25) is 0 Å². The van der Waals surface area contributed by atoms with Crippen LogP contribution in [-0.4, -0.2) is 21.5 Å². The molecule has 0 radical (unpaired) electrons. The first kappa shape index (κ1) is 20.8. The first-order chi connectivity index (χ1) is 16.6. The summed E-state index contributed by atoms with van der Waals surface area (Å²) in [5.74, 6) is 2.39. The number of benzene rings is 1. The molecule has 0 aliphatic carbocycles. The fourth-order valence-electron chi connectivity index (χ4n) is 4.91. The van der Waals surface area contributed by atoms with Crippen molar-refractivity contribution in [2.24, 2.45) is 0 Å². The van der Waals surface area contributed by atoms with E-state index in [1.54, 1.807) is 6.26 Å². The molecule has 172 valence electrons. The van der Waals surface area contributed by atoms with Crippen LogP contribution in [0, 0.1) is 13.8 Å². The minimum Gasteiger partial charge on any atom is -0.467 e. The molecule has 1 aromatic carbocycles. The monoisotopic (exact) mass is 472 g/mol. The van der Waals surface area contributed by atoms with E-state index in [0.29, 0.717) is 11.7 Å². The number of nitrogens with zero attached hydrogens (tertiary/aromatic N) is 3. The highest BCUT2D eigenvalue weighted by Gasteiger charge is 2.42. The first-order valence-corrected chi connectivity index (χ1v) is 11.6. The first-order valence-electron chi connectivity index (χ1n) is 11.2. The maximum absolute atomic E-state index is 5.87. The van der Waals surface area contributed by atoms with Crippen LogP contribution in [0.4, 0.5) is 5.69 Å². The number of nitrogens with one attached hydrogen (secondary N) is 1. The van der Waals surface area contributed by atoms with Crippen molar-refractivity contribution in [3.05, 3.63) is 95.5 Å². The summed E-state index contributed by atoms with van der Waals surface area (Å²) < 4.78 is 19.1. The molecule has 0 amide bonds. The largest absolute Gasteiger partial charge is 0.467 e. The number of ether oxygens (including phenoxy) is 2. The predicted molar refractivity (Wildman–Crippen MR) is 132 cm³/mol. The van der Waals surface area contributed by atoms with Crippen LogP contribution < -0.4 is 19.7 Å². The van der Waals surface area contributed by atoms with Crippen molar-refractivity contribution in [3.8, 4) is 11.5 Å². The summed E-state index contributed by atoms with van der Waals surface area (Å²) in [5.41, 5.74) is 5.39. The maximum atomic E-state index is 5.87. The minimum absolute atomic E-state index is 0.0978. The van der Waals surface area contributed by atoms with Crippen LogP contribution in [0.3, 0.4) is 0 Å². The normalized spacial score (nSPS) is 19.0. The number of pyridine rings is 1. The van der Waals surface area contributed by atoms with Gasteiger partial charge >= 0.3 is 0 Å². The van der Waals surface area contributed by atoms with Gasteiger partial charge in [-0.3, -0.25) is 4.98 Å². The molecule has 2 aliphatic rings. The lowest BCUT2D eigenvalue weighted by Crippen LogP contribution is -2.29. The molecule has 6 rings (SSSR count). The number of furan rings is 1. The number of rotatable bonds is 5. The SMILES string of the molecule is Cc1cc([C@@H]2[C@@H](c3ccccn3)NC(=S)N2c2ccc3c(c2)OCO3)c(C)n1Cc1ccco1. The maximum Gasteiger partial charge on any atom is 0.231 e. The molecular weight excluding hydrogens is 448 g/mol. The van der Waals surface area contributed by atoms with E-state index in [2.05, 4.69) is 39.7 Å². The summed E-state index contributed by atoms with van der Waals surface area (Å²) in [7, 11) is 0. The highest BCUT2D eigenvalue weighted by molar-refractivity contribution is 7.80. The van der Waals surface area contributed by atoms with Crippen molar-refractivity contribution in [2.45, 2.75) is 32.5 Å². The standard InChI is InChI=1S/C26H24N4O3S/c1-16-12-20(17(2)29(16)14-19-6-5-11-31-19)25-24(21-7-3-4-10-27-21)28-26(34)30(25)18-8-9-22-23(13-18)33-15-32-22/h3-13,24-25H,14-15H2,1-2H3,(H,28,34)/t24-,25-/m1/s1. The summed E-state index contributed by atoms with van der Waals surface area (Å²) in [6.45, 7) is 5.18. The smallest absolute Gasteiger partial charge is 0.231 e. The molecule has 0 spiro atoms. The van der Waals surface area contributed by atoms with Gasteiger partial charge in [-0.25, -0.2) is 0 Å². The topological polar surface area (TPSA) is 64.7 Å². The van der Waals surface area contributed by atoms with E-state index in [4.69, 9.17) is 26.1 Å². The Hall–Kier alpha value is -3.78. The van der Waals surface area contributed by atoms with Crippen molar-refractivity contribution in [2.75, 3.05) is 11.7 Å². The van der Waals surface area contributed by atoms with Gasteiger partial charge in [0.25, 0.3) is 0 Å². The van der Waals surface area contributed by atoms with E-state index < -0.39 is 0 Å². The number of aryl methyl sites for hydroxylation is 1. The van der Waals surface area contributed by atoms with Gasteiger partial charge in [0, 0.05) is 29.3 Å². The van der Waals surface area contributed by atoms with Gasteiger partial charge in [-0.05, 0) is 74.1 Å². The zero-order valence-electron chi connectivity index (χ0n) is 18.9. The van der Waals surface area contributed by atoms with Gasteiger partial charge in [-0.2, -0.15) is 0 Å². The van der Waals surface area contributed by atoms with Crippen molar-refractivity contribution in [1.29, 1.82) is 0 Å². The lowest BCUT2D eigenvalue weighted by molar-refractivity contribution is 0.174. The van der Waals surface area contributed by atoms with Crippen LogP contribution in [-0.2, 0) is 6.54 Å². The number of aromatic nitrogens is 2. The zero-order chi connectivity index (χ0) is 23.2. The minimum atomic E-state index is -0.114. The summed E-state index contributed by atoms with van der Waals surface area (Å²) in [6.07, 6.45) is 3.53. The van der Waals surface area contributed by atoms with E-state index in [1.165, 1.54) is 5.56 Å². The summed E-state index contributed by atoms with van der Waals surface area (Å²) >= 11 is 5.87. The average molecular weight is 473 g/mol. The van der Waals surface area contributed by atoms with Crippen LogP contribution in [0.5, 0.6) is 11.5 Å². The second-order valence-electron chi connectivity index (χ2n) is 8.53. The Morgan fingerprint density at radius 2 is 1.94 bits per heavy atom. The second-order valence-corrected chi connectivity index (χ2v) is 8.91. The van der Waals surface area contributed by atoms with Gasteiger partial charge in [-0.1, -0.05) is 6.07 Å². The third kappa shape index (κ3) is 3.42. The van der Waals surface area contributed by atoms with Crippen molar-refractivity contribution < 1.29 is 13.9 Å². The van der Waals surface area contributed by atoms with Crippen molar-refractivity contribution >= 4 is 23.0 Å². The third-order valence-electron chi connectivity index (χ3n) is 6.56. The van der Waals surface area contributed by atoms with Gasteiger partial charge in [0.15, 0.2) is 16.6 Å². The molecule has 0 bridgehead atoms. The Morgan fingerprint density at radius 3 is 2.74 bits per heavy atom. The number of thiocarbonyl (C=S) groups is 1. The lowest BCUT2D eigenvalue weighted by Gasteiger charge is -2.28. The van der Waals surface area contributed by atoms with E-state index in [0.717, 1.165) is 40.0 Å². The van der Waals surface area contributed by atoms with Crippen LogP contribution in [0.1, 0.15) is 40.5 Å². The number of hydrogen-bond donors (Lipinski definition) is 1. The Kier molecular flexibility index (Phi) is 5.03. The number of anilines is 1. The zero-order valence-corrected chi connectivity index (χ0v) is 19.7. The molecule has 34 heavy (non-hydrogen) atoms. The van der Waals surface area contributed by atoms with E-state index >= 15 is 0 Å². The molecule has 1 N–H and O–H groups in total. The third-order valence-corrected chi connectivity index (χ3v) is 6.87. The summed E-state index contributed by atoms with van der Waals surface area (Å²) in [4.78, 5) is 6.82.